The second-order valence-corrected chi connectivity index (χ2v) is 2.81. The van der Waals surface area contributed by atoms with E-state index in [0.717, 1.165) is 11.1 Å². The van der Waals surface area contributed by atoms with Crippen LogP contribution < -0.4 is 5.73 Å². The molecule has 0 fully saturated rings. The number of hydrogen-bond donors (Lipinski definition) is 1. The molecule has 0 spiro atoms. The predicted molar refractivity (Wildman–Crippen MR) is 54.0 cm³/mol. The molecule has 1 amide bonds. The molecule has 1 aromatic carbocycles. The Balaban J connectivity index is 2.74. The van der Waals surface area contributed by atoms with Crippen LogP contribution in [0.1, 0.15) is 11.1 Å². The van der Waals surface area contributed by atoms with E-state index in [-0.39, 0.29) is 0 Å². The third kappa shape index (κ3) is 3.11. The summed E-state index contributed by atoms with van der Waals surface area (Å²) in [5.74, 6) is -0.467. The van der Waals surface area contributed by atoms with Crippen LogP contribution in [0.25, 0.3) is 6.08 Å². The highest BCUT2D eigenvalue weighted by Gasteiger charge is 1.91. The molecule has 3 heteroatoms. The summed E-state index contributed by atoms with van der Waals surface area (Å²) < 4.78 is 0. The van der Waals surface area contributed by atoms with Gasteiger partial charge < -0.3 is 5.73 Å². The van der Waals surface area contributed by atoms with Gasteiger partial charge in [-0.2, -0.15) is 5.26 Å². The first-order valence-electron chi connectivity index (χ1n) is 4.16. The van der Waals surface area contributed by atoms with E-state index in [2.05, 4.69) is 6.07 Å². The third-order valence-corrected chi connectivity index (χ3v) is 1.70. The minimum atomic E-state index is -0.467. The molecule has 0 heterocycles. The minimum Gasteiger partial charge on any atom is -0.366 e. The number of amides is 1. The standard InChI is InChI=1S/C11H10N2O/c12-8-7-10-3-1-9(2-4-10)5-6-11(13)14/h1-6H,7H2,(H2,13,14). The van der Waals surface area contributed by atoms with Gasteiger partial charge in [-0.3, -0.25) is 4.79 Å². The Morgan fingerprint density at radius 2 is 2.07 bits per heavy atom. The van der Waals surface area contributed by atoms with E-state index in [4.69, 9.17) is 11.0 Å². The molecule has 70 valence electrons. The summed E-state index contributed by atoms with van der Waals surface area (Å²) in [6, 6.07) is 9.44. The van der Waals surface area contributed by atoms with Crippen LogP contribution >= 0.6 is 0 Å². The van der Waals surface area contributed by atoms with Crippen LogP contribution in [0.4, 0.5) is 0 Å². The van der Waals surface area contributed by atoms with Crippen LogP contribution in [-0.2, 0) is 11.2 Å². The van der Waals surface area contributed by atoms with Gasteiger partial charge >= 0.3 is 0 Å². The molecule has 0 saturated carbocycles. The Labute approximate surface area is 82.5 Å². The number of carbonyl (C=O) groups is 1. The number of primary amides is 1. The highest BCUT2D eigenvalue weighted by atomic mass is 16.1. The first kappa shape index (κ1) is 10.0. The molecule has 0 aliphatic carbocycles. The van der Waals surface area contributed by atoms with Crippen LogP contribution in [0.3, 0.4) is 0 Å². The molecule has 1 rings (SSSR count). The maximum atomic E-state index is 10.4. The summed E-state index contributed by atoms with van der Waals surface area (Å²) in [4.78, 5) is 10.4. The molecule has 0 bridgehead atoms. The number of rotatable bonds is 3. The van der Waals surface area contributed by atoms with E-state index in [1.807, 2.05) is 24.3 Å². The lowest BCUT2D eigenvalue weighted by atomic mass is 10.1. The lowest BCUT2D eigenvalue weighted by Crippen LogP contribution is -2.05. The van der Waals surface area contributed by atoms with Crippen molar-refractivity contribution in [3.8, 4) is 6.07 Å². The van der Waals surface area contributed by atoms with Gasteiger partial charge in [-0.15, -0.1) is 0 Å². The Bertz CT molecular complexity index is 385. The van der Waals surface area contributed by atoms with Crippen molar-refractivity contribution < 1.29 is 4.79 Å². The van der Waals surface area contributed by atoms with Gasteiger partial charge in [0.1, 0.15) is 0 Å². The zero-order valence-electron chi connectivity index (χ0n) is 7.60. The zero-order valence-corrected chi connectivity index (χ0v) is 7.60. The summed E-state index contributed by atoms with van der Waals surface area (Å²) >= 11 is 0. The topological polar surface area (TPSA) is 66.9 Å². The van der Waals surface area contributed by atoms with Crippen molar-refractivity contribution in [3.05, 3.63) is 41.5 Å². The number of nitrogens with two attached hydrogens (primary N) is 1. The molecule has 2 N–H and O–H groups in total. The van der Waals surface area contributed by atoms with Gasteiger partial charge in [0.25, 0.3) is 0 Å². The van der Waals surface area contributed by atoms with Crippen molar-refractivity contribution in [1.82, 2.24) is 0 Å². The largest absolute Gasteiger partial charge is 0.366 e. The number of carbonyl (C=O) groups excluding carboxylic acids is 1. The van der Waals surface area contributed by atoms with Crippen LogP contribution in [-0.4, -0.2) is 5.91 Å². The first-order valence-corrected chi connectivity index (χ1v) is 4.16. The number of benzene rings is 1. The van der Waals surface area contributed by atoms with Crippen molar-refractivity contribution in [2.24, 2.45) is 5.73 Å². The van der Waals surface area contributed by atoms with Gasteiger partial charge in [0.05, 0.1) is 12.5 Å². The molecule has 0 aromatic heterocycles. The molecule has 1 aromatic rings. The Kier molecular flexibility index (Phi) is 3.45. The summed E-state index contributed by atoms with van der Waals surface area (Å²) in [6.07, 6.45) is 3.34. The maximum absolute atomic E-state index is 10.4. The van der Waals surface area contributed by atoms with Gasteiger partial charge in [-0.25, -0.2) is 0 Å². The summed E-state index contributed by atoms with van der Waals surface area (Å²) in [7, 11) is 0. The van der Waals surface area contributed by atoms with E-state index >= 15 is 0 Å². The molecule has 3 nitrogen and oxygen atoms in total. The highest BCUT2D eigenvalue weighted by Crippen LogP contribution is 2.06. The monoisotopic (exact) mass is 186 g/mol. The van der Waals surface area contributed by atoms with Crippen molar-refractivity contribution in [2.45, 2.75) is 6.42 Å². The van der Waals surface area contributed by atoms with Crippen molar-refractivity contribution in [1.29, 1.82) is 5.26 Å². The summed E-state index contributed by atoms with van der Waals surface area (Å²) in [5, 5.41) is 8.44. The van der Waals surface area contributed by atoms with E-state index in [1.54, 1.807) is 6.08 Å². The molecule has 0 radical (unpaired) electrons. The number of nitrogens with zero attached hydrogens (tertiary/aromatic N) is 1. The second kappa shape index (κ2) is 4.83. The summed E-state index contributed by atoms with van der Waals surface area (Å²) in [6.45, 7) is 0. The van der Waals surface area contributed by atoms with Gasteiger partial charge in [0.2, 0.25) is 5.91 Å². The number of hydrogen-bond acceptors (Lipinski definition) is 2. The van der Waals surface area contributed by atoms with Crippen LogP contribution in [0.2, 0.25) is 0 Å². The molecule has 0 unspecified atom stereocenters. The third-order valence-electron chi connectivity index (χ3n) is 1.70. The zero-order chi connectivity index (χ0) is 10.4. The van der Waals surface area contributed by atoms with E-state index in [0.29, 0.717) is 6.42 Å². The Hall–Kier alpha value is -2.08. The smallest absolute Gasteiger partial charge is 0.241 e. The van der Waals surface area contributed by atoms with Gasteiger partial charge in [-0.1, -0.05) is 24.3 Å². The van der Waals surface area contributed by atoms with Crippen molar-refractivity contribution in [3.63, 3.8) is 0 Å². The van der Waals surface area contributed by atoms with Gasteiger partial charge in [0.15, 0.2) is 0 Å². The molecular weight excluding hydrogens is 176 g/mol. The van der Waals surface area contributed by atoms with Crippen molar-refractivity contribution in [2.75, 3.05) is 0 Å². The average Bonchev–Trinajstić information content (AvgIpc) is 2.17. The molecule has 0 saturated heterocycles. The fourth-order valence-electron chi connectivity index (χ4n) is 1.02. The van der Waals surface area contributed by atoms with Crippen LogP contribution in [0, 0.1) is 11.3 Å². The highest BCUT2D eigenvalue weighted by molar-refractivity contribution is 5.90. The molecule has 0 aliphatic rings. The van der Waals surface area contributed by atoms with Gasteiger partial charge in [-0.05, 0) is 17.2 Å². The van der Waals surface area contributed by atoms with E-state index < -0.39 is 5.91 Å². The fraction of sp³-hybridized carbons (Fsp3) is 0.0909. The second-order valence-electron chi connectivity index (χ2n) is 2.81. The van der Waals surface area contributed by atoms with Crippen LogP contribution in [0.5, 0.6) is 0 Å². The number of nitriles is 1. The predicted octanol–water partition coefficient (Wildman–Crippen LogP) is 1.25. The molecule has 14 heavy (non-hydrogen) atoms. The Morgan fingerprint density at radius 3 is 2.57 bits per heavy atom. The Morgan fingerprint density at radius 1 is 1.43 bits per heavy atom. The van der Waals surface area contributed by atoms with E-state index in [1.165, 1.54) is 6.08 Å². The summed E-state index contributed by atoms with van der Waals surface area (Å²) in [5.41, 5.74) is 6.80. The van der Waals surface area contributed by atoms with Crippen molar-refractivity contribution >= 4 is 12.0 Å². The lowest BCUT2D eigenvalue weighted by molar-refractivity contribution is -0.113. The quantitative estimate of drug-likeness (QED) is 0.722. The minimum absolute atomic E-state index is 0.403. The van der Waals surface area contributed by atoms with Crippen LogP contribution in [0.15, 0.2) is 30.3 Å². The molecule has 0 aliphatic heterocycles. The maximum Gasteiger partial charge on any atom is 0.241 e. The fourth-order valence-corrected chi connectivity index (χ4v) is 1.02. The van der Waals surface area contributed by atoms with Gasteiger partial charge in [0, 0.05) is 6.08 Å². The lowest BCUT2D eigenvalue weighted by Gasteiger charge is -1.95. The van der Waals surface area contributed by atoms with E-state index in [9.17, 15) is 4.79 Å². The molecular formula is C11H10N2O. The normalized spacial score (nSPS) is 9.93. The average molecular weight is 186 g/mol. The SMILES string of the molecule is N#CCc1ccc(C=CC(N)=O)cc1. The molecule has 0 atom stereocenters. The first-order chi connectivity index (χ1) is 6.72.